The second-order valence-corrected chi connectivity index (χ2v) is 6.68. The minimum atomic E-state index is -0.0131. The van der Waals surface area contributed by atoms with Crippen LogP contribution in [0.25, 0.3) is 16.6 Å². The number of para-hydroxylation sites is 1. The number of nitrogens with two attached hydrogens (primary N) is 1. The first-order valence-corrected chi connectivity index (χ1v) is 9.06. The normalized spacial score (nSPS) is 12.5. The molecule has 1 atom stereocenters. The first kappa shape index (κ1) is 16.9. The molecule has 5 heteroatoms. The summed E-state index contributed by atoms with van der Waals surface area (Å²) in [6.45, 7) is 5.19. The van der Waals surface area contributed by atoms with Crippen LogP contribution in [0.1, 0.15) is 32.1 Å². The molecule has 0 spiro atoms. The Balaban J connectivity index is 2.33. The molecule has 3 aromatic rings. The van der Waals surface area contributed by atoms with Crippen LogP contribution >= 0.6 is 15.9 Å². The van der Waals surface area contributed by atoms with Crippen molar-refractivity contribution in [1.29, 1.82) is 0 Å². The van der Waals surface area contributed by atoms with Gasteiger partial charge < -0.3 is 5.32 Å². The highest BCUT2D eigenvalue weighted by Crippen LogP contribution is 2.19. The van der Waals surface area contributed by atoms with Crippen LogP contribution in [0.2, 0.25) is 0 Å². The molecule has 0 fully saturated rings. The summed E-state index contributed by atoms with van der Waals surface area (Å²) in [5.74, 6) is 0.811. The van der Waals surface area contributed by atoms with E-state index < -0.39 is 0 Å². The van der Waals surface area contributed by atoms with Gasteiger partial charge in [-0.15, -0.1) is 0 Å². The van der Waals surface area contributed by atoms with Crippen molar-refractivity contribution in [3.8, 4) is 5.69 Å². The molecule has 0 radical (unpaired) electrons. The van der Waals surface area contributed by atoms with E-state index in [2.05, 4.69) is 35.1 Å². The smallest absolute Gasteiger partial charge is 0.266 e. The third-order valence-electron chi connectivity index (χ3n) is 4.18. The van der Waals surface area contributed by atoms with Crippen molar-refractivity contribution >= 4 is 26.8 Å². The van der Waals surface area contributed by atoms with Gasteiger partial charge in [0, 0.05) is 10.9 Å². The molecule has 0 aliphatic heterocycles. The molecule has 0 saturated heterocycles. The summed E-state index contributed by atoms with van der Waals surface area (Å²) in [6, 6.07) is 15.5. The van der Waals surface area contributed by atoms with Crippen LogP contribution in [0.4, 0.5) is 0 Å². The van der Waals surface area contributed by atoms with Crippen molar-refractivity contribution < 1.29 is 5.32 Å². The first-order chi connectivity index (χ1) is 11.7. The van der Waals surface area contributed by atoms with E-state index in [1.807, 2.05) is 48.5 Å². The van der Waals surface area contributed by atoms with Crippen LogP contribution in [-0.2, 0) is 0 Å². The van der Waals surface area contributed by atoms with Gasteiger partial charge in [0.1, 0.15) is 6.04 Å². The number of hydrogen-bond donors (Lipinski definition) is 1. The van der Waals surface area contributed by atoms with Gasteiger partial charge in [-0.25, -0.2) is 4.98 Å². The zero-order valence-corrected chi connectivity index (χ0v) is 15.5. The van der Waals surface area contributed by atoms with Crippen LogP contribution in [0.15, 0.2) is 57.8 Å². The molecule has 4 nitrogen and oxygen atoms in total. The number of halogens is 1. The predicted molar refractivity (Wildman–Crippen MR) is 101 cm³/mol. The van der Waals surface area contributed by atoms with Gasteiger partial charge in [0.05, 0.1) is 23.1 Å². The minimum Gasteiger partial charge on any atom is -0.338 e. The van der Waals surface area contributed by atoms with Gasteiger partial charge >= 0.3 is 0 Å². The average molecular weight is 387 g/mol. The van der Waals surface area contributed by atoms with Crippen LogP contribution in [0.3, 0.4) is 0 Å². The second-order valence-electron chi connectivity index (χ2n) is 5.76. The van der Waals surface area contributed by atoms with Gasteiger partial charge in [-0.2, -0.15) is 0 Å². The number of fused-ring (bicyclic) bond motifs is 1. The van der Waals surface area contributed by atoms with E-state index in [0.29, 0.717) is 5.39 Å². The molecule has 0 saturated carbocycles. The lowest BCUT2D eigenvalue weighted by atomic mass is 10.1. The average Bonchev–Trinajstić information content (AvgIpc) is 2.61. The summed E-state index contributed by atoms with van der Waals surface area (Å²) in [7, 11) is 0. The van der Waals surface area contributed by atoms with E-state index in [1.165, 1.54) is 0 Å². The van der Waals surface area contributed by atoms with Crippen molar-refractivity contribution in [3.05, 3.63) is 69.2 Å². The molecule has 1 heterocycles. The molecule has 24 heavy (non-hydrogen) atoms. The highest BCUT2D eigenvalue weighted by Gasteiger charge is 2.21. The third kappa shape index (κ3) is 3.14. The van der Waals surface area contributed by atoms with E-state index >= 15 is 0 Å². The maximum atomic E-state index is 13.2. The lowest BCUT2D eigenvalue weighted by Crippen LogP contribution is -2.85. The Morgan fingerprint density at radius 2 is 1.83 bits per heavy atom. The number of quaternary nitrogens is 1. The van der Waals surface area contributed by atoms with Gasteiger partial charge in [-0.05, 0) is 43.3 Å². The Bertz CT molecular complexity index is 903. The van der Waals surface area contributed by atoms with E-state index in [1.54, 1.807) is 4.57 Å². The number of nitrogens with zero attached hydrogens (tertiary/aromatic N) is 2. The number of rotatable bonds is 5. The van der Waals surface area contributed by atoms with Crippen molar-refractivity contribution in [2.24, 2.45) is 0 Å². The largest absolute Gasteiger partial charge is 0.338 e. The lowest BCUT2D eigenvalue weighted by molar-refractivity contribution is -0.694. The van der Waals surface area contributed by atoms with E-state index in [4.69, 9.17) is 4.98 Å². The number of aromatic nitrogens is 2. The van der Waals surface area contributed by atoms with Crippen LogP contribution in [-0.4, -0.2) is 16.1 Å². The van der Waals surface area contributed by atoms with E-state index in [-0.39, 0.29) is 11.6 Å². The Labute approximate surface area is 149 Å². The van der Waals surface area contributed by atoms with Crippen molar-refractivity contribution in [2.45, 2.75) is 26.3 Å². The molecule has 124 valence electrons. The summed E-state index contributed by atoms with van der Waals surface area (Å²) >= 11 is 3.45. The fraction of sp³-hybridized carbons (Fsp3) is 0.263. The molecule has 0 unspecified atom stereocenters. The van der Waals surface area contributed by atoms with Crippen molar-refractivity contribution in [1.82, 2.24) is 9.55 Å². The molecule has 0 aliphatic rings. The standard InChI is InChI=1S/C19H20BrN3O/c1-3-16(21-4-2)18-22-17-8-6-5-7-15(17)19(24)23(18)14-11-9-13(20)10-12-14/h5-12,16,21H,3-4H2,1-2H3/p+1/t16-/m1/s1. The molecule has 2 N–H and O–H groups in total. The summed E-state index contributed by atoms with van der Waals surface area (Å²) in [6.07, 6.45) is 0.912. The molecular formula is C19H21BrN3O+. The highest BCUT2D eigenvalue weighted by molar-refractivity contribution is 9.10. The lowest BCUT2D eigenvalue weighted by Gasteiger charge is -2.19. The first-order valence-electron chi connectivity index (χ1n) is 8.26. The fourth-order valence-electron chi connectivity index (χ4n) is 2.98. The summed E-state index contributed by atoms with van der Waals surface area (Å²) < 4.78 is 2.75. The zero-order chi connectivity index (χ0) is 17.1. The second kappa shape index (κ2) is 7.28. The monoisotopic (exact) mass is 386 g/mol. The van der Waals surface area contributed by atoms with Crippen molar-refractivity contribution in [3.63, 3.8) is 0 Å². The van der Waals surface area contributed by atoms with Crippen molar-refractivity contribution in [2.75, 3.05) is 6.54 Å². The maximum Gasteiger partial charge on any atom is 0.266 e. The third-order valence-corrected chi connectivity index (χ3v) is 4.71. The predicted octanol–water partition coefficient (Wildman–Crippen LogP) is 3.18. The molecule has 0 amide bonds. The Hall–Kier alpha value is -1.98. The summed E-state index contributed by atoms with van der Waals surface area (Å²) in [5.41, 5.74) is 1.59. The molecule has 1 aromatic heterocycles. The summed E-state index contributed by atoms with van der Waals surface area (Å²) in [5, 5.41) is 2.88. The quantitative estimate of drug-likeness (QED) is 0.731. The SMILES string of the molecule is CC[NH2+][C@H](CC)c1nc2ccccc2c(=O)n1-c1ccc(Br)cc1. The maximum absolute atomic E-state index is 13.2. The van der Waals surface area contributed by atoms with Crippen LogP contribution in [0, 0.1) is 0 Å². The number of hydrogen-bond acceptors (Lipinski definition) is 2. The topological polar surface area (TPSA) is 51.5 Å². The van der Waals surface area contributed by atoms with Gasteiger partial charge in [0.15, 0.2) is 5.82 Å². The minimum absolute atomic E-state index is 0.0131. The van der Waals surface area contributed by atoms with E-state index in [0.717, 1.165) is 34.5 Å². The van der Waals surface area contributed by atoms with E-state index in [9.17, 15) is 4.79 Å². The molecule has 2 aromatic carbocycles. The van der Waals surface area contributed by atoms with Gasteiger partial charge in [0.25, 0.3) is 5.56 Å². The zero-order valence-electron chi connectivity index (χ0n) is 13.9. The molecule has 0 bridgehead atoms. The van der Waals surface area contributed by atoms with Crippen LogP contribution < -0.4 is 10.9 Å². The number of benzene rings is 2. The Kier molecular flexibility index (Phi) is 5.11. The van der Waals surface area contributed by atoms with Gasteiger partial charge in [-0.1, -0.05) is 35.0 Å². The Morgan fingerprint density at radius 1 is 1.12 bits per heavy atom. The van der Waals surface area contributed by atoms with Crippen LogP contribution in [0.5, 0.6) is 0 Å². The highest BCUT2D eigenvalue weighted by atomic mass is 79.9. The molecular weight excluding hydrogens is 366 g/mol. The van der Waals surface area contributed by atoms with Gasteiger partial charge in [0.2, 0.25) is 0 Å². The summed E-state index contributed by atoms with van der Waals surface area (Å²) in [4.78, 5) is 18.0. The Morgan fingerprint density at radius 3 is 2.50 bits per heavy atom. The molecule has 0 aliphatic carbocycles. The molecule has 3 rings (SSSR count). The van der Waals surface area contributed by atoms with Gasteiger partial charge in [-0.3, -0.25) is 9.36 Å². The fourth-order valence-corrected chi connectivity index (χ4v) is 3.24.